The molecule has 2 heterocycles. The van der Waals surface area contributed by atoms with Crippen LogP contribution in [0.2, 0.25) is 0 Å². The molecule has 0 radical (unpaired) electrons. The van der Waals surface area contributed by atoms with Crippen LogP contribution in [0.1, 0.15) is 12.8 Å². The summed E-state index contributed by atoms with van der Waals surface area (Å²) in [6.07, 6.45) is 2.30. The van der Waals surface area contributed by atoms with Crippen LogP contribution in [-0.2, 0) is 0 Å². The standard InChI is InChI=1S/C13H14FNOS/c14-9-1-2-13-11(7-9)12(8-17-13)16-10-3-5-15-6-4-10/h1-2,7-8,10,15H,3-6H2. The summed E-state index contributed by atoms with van der Waals surface area (Å²) in [4.78, 5) is 0. The van der Waals surface area contributed by atoms with E-state index in [9.17, 15) is 4.39 Å². The average molecular weight is 251 g/mol. The lowest BCUT2D eigenvalue weighted by molar-refractivity contribution is 0.165. The lowest BCUT2D eigenvalue weighted by Crippen LogP contribution is -2.34. The van der Waals surface area contributed by atoms with Gasteiger partial charge in [-0.2, -0.15) is 0 Å². The summed E-state index contributed by atoms with van der Waals surface area (Å²) in [6, 6.07) is 4.86. The highest BCUT2D eigenvalue weighted by atomic mass is 32.1. The fraction of sp³-hybridized carbons (Fsp3) is 0.385. The van der Waals surface area contributed by atoms with Crippen molar-refractivity contribution >= 4 is 21.4 Å². The van der Waals surface area contributed by atoms with Crippen molar-refractivity contribution in [3.63, 3.8) is 0 Å². The molecule has 90 valence electrons. The van der Waals surface area contributed by atoms with Gasteiger partial charge in [0.05, 0.1) is 0 Å². The molecule has 0 amide bonds. The number of ether oxygens (including phenoxy) is 1. The Hall–Kier alpha value is -1.13. The summed E-state index contributed by atoms with van der Waals surface area (Å²) in [5, 5.41) is 6.18. The molecule has 1 fully saturated rings. The highest BCUT2D eigenvalue weighted by Crippen LogP contribution is 2.34. The first-order valence-electron chi connectivity index (χ1n) is 5.87. The van der Waals surface area contributed by atoms with E-state index in [1.807, 2.05) is 11.4 Å². The number of nitrogens with one attached hydrogen (secondary N) is 1. The summed E-state index contributed by atoms with van der Waals surface area (Å²) in [7, 11) is 0. The second-order valence-electron chi connectivity index (χ2n) is 4.31. The van der Waals surface area contributed by atoms with E-state index in [4.69, 9.17) is 4.74 Å². The Bertz CT molecular complexity index is 519. The van der Waals surface area contributed by atoms with Gasteiger partial charge in [0, 0.05) is 15.5 Å². The van der Waals surface area contributed by atoms with Crippen LogP contribution in [0.4, 0.5) is 4.39 Å². The Labute approximate surface area is 103 Å². The van der Waals surface area contributed by atoms with Crippen LogP contribution in [0, 0.1) is 5.82 Å². The monoisotopic (exact) mass is 251 g/mol. The van der Waals surface area contributed by atoms with Gasteiger partial charge in [0.15, 0.2) is 0 Å². The summed E-state index contributed by atoms with van der Waals surface area (Å²) in [5.41, 5.74) is 0. The maximum Gasteiger partial charge on any atom is 0.138 e. The number of rotatable bonds is 2. The zero-order valence-corrected chi connectivity index (χ0v) is 10.2. The Morgan fingerprint density at radius 1 is 1.29 bits per heavy atom. The van der Waals surface area contributed by atoms with Crippen LogP contribution in [-0.4, -0.2) is 19.2 Å². The molecule has 0 unspecified atom stereocenters. The Morgan fingerprint density at radius 2 is 2.12 bits per heavy atom. The molecule has 0 saturated carbocycles. The molecule has 4 heteroatoms. The van der Waals surface area contributed by atoms with Crippen molar-refractivity contribution in [2.45, 2.75) is 18.9 Å². The van der Waals surface area contributed by atoms with Gasteiger partial charge in [-0.15, -0.1) is 11.3 Å². The molecule has 1 aromatic carbocycles. The van der Waals surface area contributed by atoms with Gasteiger partial charge in [-0.1, -0.05) is 0 Å². The summed E-state index contributed by atoms with van der Waals surface area (Å²) in [6.45, 7) is 2.00. The number of fused-ring (bicyclic) bond motifs is 1. The molecule has 1 aliphatic rings. The van der Waals surface area contributed by atoms with Gasteiger partial charge in [-0.3, -0.25) is 0 Å². The van der Waals surface area contributed by atoms with Gasteiger partial charge < -0.3 is 10.1 Å². The smallest absolute Gasteiger partial charge is 0.138 e. The maximum absolute atomic E-state index is 13.2. The molecule has 0 atom stereocenters. The van der Waals surface area contributed by atoms with Gasteiger partial charge in [0.1, 0.15) is 17.7 Å². The molecule has 17 heavy (non-hydrogen) atoms. The van der Waals surface area contributed by atoms with Crippen LogP contribution < -0.4 is 10.1 Å². The fourth-order valence-electron chi connectivity index (χ4n) is 2.16. The van der Waals surface area contributed by atoms with Crippen LogP contribution in [0.15, 0.2) is 23.6 Å². The van der Waals surface area contributed by atoms with E-state index in [1.54, 1.807) is 17.4 Å². The number of halogens is 1. The van der Waals surface area contributed by atoms with Gasteiger partial charge in [-0.05, 0) is 44.1 Å². The number of hydrogen-bond donors (Lipinski definition) is 1. The first-order chi connectivity index (χ1) is 8.33. The molecule has 3 rings (SSSR count). The maximum atomic E-state index is 13.2. The first kappa shape index (κ1) is 11.0. The number of hydrogen-bond acceptors (Lipinski definition) is 3. The van der Waals surface area contributed by atoms with E-state index in [2.05, 4.69) is 5.32 Å². The molecule has 1 N–H and O–H groups in total. The van der Waals surface area contributed by atoms with Crippen molar-refractivity contribution in [3.05, 3.63) is 29.4 Å². The van der Waals surface area contributed by atoms with E-state index >= 15 is 0 Å². The minimum Gasteiger partial charge on any atom is -0.489 e. The highest BCUT2D eigenvalue weighted by Gasteiger charge is 2.16. The van der Waals surface area contributed by atoms with Crippen molar-refractivity contribution in [2.75, 3.05) is 13.1 Å². The second-order valence-corrected chi connectivity index (χ2v) is 5.22. The van der Waals surface area contributed by atoms with Gasteiger partial charge in [0.25, 0.3) is 0 Å². The second kappa shape index (κ2) is 4.63. The Balaban J connectivity index is 1.86. The first-order valence-corrected chi connectivity index (χ1v) is 6.75. The van der Waals surface area contributed by atoms with Crippen LogP contribution in [0.5, 0.6) is 5.75 Å². The minimum atomic E-state index is -0.203. The largest absolute Gasteiger partial charge is 0.489 e. The zero-order chi connectivity index (χ0) is 11.7. The molecular formula is C13H14FNOS. The predicted octanol–water partition coefficient (Wildman–Crippen LogP) is 3.17. The quantitative estimate of drug-likeness (QED) is 0.885. The van der Waals surface area contributed by atoms with Gasteiger partial charge in [0.2, 0.25) is 0 Å². The van der Waals surface area contributed by atoms with Crippen LogP contribution >= 0.6 is 11.3 Å². The van der Waals surface area contributed by atoms with E-state index in [-0.39, 0.29) is 11.9 Å². The highest BCUT2D eigenvalue weighted by molar-refractivity contribution is 7.17. The van der Waals surface area contributed by atoms with E-state index in [0.29, 0.717) is 0 Å². The Kier molecular flexibility index (Phi) is 2.99. The van der Waals surface area contributed by atoms with E-state index < -0.39 is 0 Å². The third-order valence-electron chi connectivity index (χ3n) is 3.08. The minimum absolute atomic E-state index is 0.203. The average Bonchev–Trinajstić information content (AvgIpc) is 2.73. The van der Waals surface area contributed by atoms with Crippen molar-refractivity contribution in [3.8, 4) is 5.75 Å². The molecule has 1 aliphatic heterocycles. The van der Waals surface area contributed by atoms with E-state index in [0.717, 1.165) is 41.8 Å². The van der Waals surface area contributed by atoms with Crippen LogP contribution in [0.3, 0.4) is 0 Å². The molecular weight excluding hydrogens is 237 g/mol. The van der Waals surface area contributed by atoms with Crippen molar-refractivity contribution in [1.29, 1.82) is 0 Å². The van der Waals surface area contributed by atoms with Crippen LogP contribution in [0.25, 0.3) is 10.1 Å². The number of thiophene rings is 1. The fourth-order valence-corrected chi connectivity index (χ4v) is 3.01. The topological polar surface area (TPSA) is 21.3 Å². The Morgan fingerprint density at radius 3 is 2.94 bits per heavy atom. The summed E-state index contributed by atoms with van der Waals surface area (Å²) >= 11 is 1.60. The van der Waals surface area contributed by atoms with Gasteiger partial charge >= 0.3 is 0 Å². The normalized spacial score (nSPS) is 17.5. The molecule has 1 aromatic heterocycles. The summed E-state index contributed by atoms with van der Waals surface area (Å²) < 4.78 is 20.3. The molecule has 0 bridgehead atoms. The number of benzene rings is 1. The lowest BCUT2D eigenvalue weighted by atomic mass is 10.1. The van der Waals surface area contributed by atoms with Crippen molar-refractivity contribution < 1.29 is 9.13 Å². The zero-order valence-electron chi connectivity index (χ0n) is 9.41. The lowest BCUT2D eigenvalue weighted by Gasteiger charge is -2.23. The molecule has 2 aromatic rings. The van der Waals surface area contributed by atoms with E-state index in [1.165, 1.54) is 6.07 Å². The third-order valence-corrected chi connectivity index (χ3v) is 4.02. The van der Waals surface area contributed by atoms with Crippen molar-refractivity contribution in [1.82, 2.24) is 5.32 Å². The molecule has 0 aliphatic carbocycles. The molecule has 0 spiro atoms. The van der Waals surface area contributed by atoms with Gasteiger partial charge in [-0.25, -0.2) is 4.39 Å². The third kappa shape index (κ3) is 2.28. The number of piperidine rings is 1. The van der Waals surface area contributed by atoms with Crippen molar-refractivity contribution in [2.24, 2.45) is 0 Å². The molecule has 2 nitrogen and oxygen atoms in total. The SMILES string of the molecule is Fc1ccc2scc(OC3CCNCC3)c2c1. The molecule has 1 saturated heterocycles. The predicted molar refractivity (Wildman–Crippen MR) is 68.3 cm³/mol. The summed E-state index contributed by atoms with van der Waals surface area (Å²) in [5.74, 6) is 0.627.